The normalized spacial score (nSPS) is 11.9. The molecule has 0 fully saturated rings. The number of ether oxygens (including phenoxy) is 1. The number of halogens is 1. The number of hydrogen-bond donors (Lipinski definition) is 1. The molecule has 0 aliphatic rings. The summed E-state index contributed by atoms with van der Waals surface area (Å²) >= 11 is 10.6. The summed E-state index contributed by atoms with van der Waals surface area (Å²) in [7, 11) is 0. The molecule has 2 rings (SSSR count). The monoisotopic (exact) mass is 361 g/mol. The fourth-order valence-electron chi connectivity index (χ4n) is 1.58. The predicted molar refractivity (Wildman–Crippen MR) is 92.9 cm³/mol. The van der Waals surface area contributed by atoms with Crippen molar-refractivity contribution in [3.05, 3.63) is 65.2 Å². The highest BCUT2D eigenvalue weighted by molar-refractivity contribution is 7.77. The molecule has 0 unspecified atom stereocenters. The van der Waals surface area contributed by atoms with Crippen LogP contribution in [-0.2, 0) is 17.4 Å². The van der Waals surface area contributed by atoms with E-state index in [9.17, 15) is 9.90 Å². The van der Waals surface area contributed by atoms with E-state index in [0.717, 1.165) is 0 Å². The van der Waals surface area contributed by atoms with Crippen LogP contribution in [0.25, 0.3) is 0 Å². The predicted octanol–water partition coefficient (Wildman–Crippen LogP) is 1.46. The van der Waals surface area contributed by atoms with E-state index in [-0.39, 0.29) is 11.8 Å². The maximum Gasteiger partial charge on any atom is 0.277 e. The molecule has 2 aromatic rings. The summed E-state index contributed by atoms with van der Waals surface area (Å²) in [4.78, 5) is 15.2. The van der Waals surface area contributed by atoms with Crippen LogP contribution in [0.1, 0.15) is 5.56 Å². The second-order valence-electron chi connectivity index (χ2n) is 4.45. The number of nitrogens with one attached hydrogen (secondary N) is 1. The van der Waals surface area contributed by atoms with Gasteiger partial charge in [0.2, 0.25) is 0 Å². The zero-order valence-electron chi connectivity index (χ0n) is 12.3. The van der Waals surface area contributed by atoms with Crippen LogP contribution >= 0.6 is 11.6 Å². The number of amidine groups is 1. The van der Waals surface area contributed by atoms with Gasteiger partial charge in [-0.3, -0.25) is 9.79 Å². The van der Waals surface area contributed by atoms with Crippen molar-refractivity contribution in [1.29, 1.82) is 0 Å². The van der Waals surface area contributed by atoms with Gasteiger partial charge in [0, 0.05) is 10.2 Å². The minimum absolute atomic E-state index is 0.264. The third kappa shape index (κ3) is 5.86. The average molecular weight is 362 g/mol. The number of hydrogen-bond acceptors (Lipinski definition) is 5. The topological polar surface area (TPSA) is 86.1 Å². The maximum atomic E-state index is 11.8. The number of nitrogens with zero attached hydrogens (tertiary/aromatic N) is 2. The van der Waals surface area contributed by atoms with Gasteiger partial charge in [0.05, 0.1) is 0 Å². The van der Waals surface area contributed by atoms with Gasteiger partial charge in [0.15, 0.2) is 6.61 Å². The third-order valence-corrected chi connectivity index (χ3v) is 3.11. The van der Waals surface area contributed by atoms with Crippen molar-refractivity contribution in [2.24, 2.45) is 10.1 Å². The van der Waals surface area contributed by atoms with Crippen LogP contribution < -0.4 is 15.3 Å². The van der Waals surface area contributed by atoms with Gasteiger partial charge < -0.3 is 22.5 Å². The Morgan fingerprint density at radius 3 is 2.50 bits per heavy atom. The van der Waals surface area contributed by atoms with Gasteiger partial charge in [0.1, 0.15) is 5.75 Å². The van der Waals surface area contributed by atoms with Crippen molar-refractivity contribution in [3.8, 4) is 5.75 Å². The smallest absolute Gasteiger partial charge is 0.277 e. The molecule has 0 heterocycles. The van der Waals surface area contributed by atoms with Crippen molar-refractivity contribution in [2.45, 2.75) is 0 Å². The van der Waals surface area contributed by atoms with Crippen LogP contribution in [0.5, 0.6) is 5.75 Å². The number of aliphatic imine (C=N–C) groups is 1. The summed E-state index contributed by atoms with van der Waals surface area (Å²) in [5.74, 6) is -0.577. The summed E-state index contributed by atoms with van der Waals surface area (Å²) in [6.45, 7) is -0.264. The highest BCUT2D eigenvalue weighted by Crippen LogP contribution is 2.15. The van der Waals surface area contributed by atoms with E-state index >= 15 is 0 Å². The molecular weight excluding hydrogens is 350 g/mol. The minimum Gasteiger partial charge on any atom is -0.858 e. The van der Waals surface area contributed by atoms with E-state index in [0.29, 0.717) is 16.3 Å². The van der Waals surface area contributed by atoms with Crippen molar-refractivity contribution < 1.29 is 14.6 Å². The first kappa shape index (κ1) is 17.7. The minimum atomic E-state index is -0.533. The SMILES string of the molecule is O=C(COc1ccc(Cl)cc1)NN=C([S-])N=C([O-])c1ccccc1. The molecule has 0 aromatic heterocycles. The highest BCUT2D eigenvalue weighted by atomic mass is 35.5. The number of benzene rings is 2. The summed E-state index contributed by atoms with van der Waals surface area (Å²) in [5, 5.41) is 15.6. The lowest BCUT2D eigenvalue weighted by atomic mass is 10.2. The Balaban J connectivity index is 1.85. The lowest BCUT2D eigenvalue weighted by Gasteiger charge is -2.14. The van der Waals surface area contributed by atoms with Crippen LogP contribution in [0.2, 0.25) is 5.02 Å². The Morgan fingerprint density at radius 2 is 1.83 bits per heavy atom. The van der Waals surface area contributed by atoms with E-state index in [2.05, 4.69) is 15.5 Å². The molecule has 2 aromatic carbocycles. The fraction of sp³-hybridized carbons (Fsp3) is 0.0625. The Labute approximate surface area is 149 Å². The van der Waals surface area contributed by atoms with E-state index in [1.807, 2.05) is 0 Å². The molecule has 0 atom stereocenters. The van der Waals surface area contributed by atoms with Crippen molar-refractivity contribution in [2.75, 3.05) is 6.61 Å². The highest BCUT2D eigenvalue weighted by Gasteiger charge is 2.01. The van der Waals surface area contributed by atoms with Gasteiger partial charge in [-0.05, 0) is 35.7 Å². The van der Waals surface area contributed by atoms with Crippen molar-refractivity contribution >= 4 is 41.2 Å². The van der Waals surface area contributed by atoms with E-state index in [1.165, 1.54) is 0 Å². The molecule has 0 saturated carbocycles. The van der Waals surface area contributed by atoms with E-state index in [4.69, 9.17) is 29.0 Å². The molecule has 0 radical (unpaired) electrons. The number of amides is 1. The summed E-state index contributed by atoms with van der Waals surface area (Å²) in [5.41, 5.74) is 2.55. The summed E-state index contributed by atoms with van der Waals surface area (Å²) in [6, 6.07) is 14.9. The van der Waals surface area contributed by atoms with Crippen LogP contribution in [-0.4, -0.2) is 23.6 Å². The molecule has 1 N–H and O–H groups in total. The van der Waals surface area contributed by atoms with Gasteiger partial charge in [-0.15, -0.1) is 0 Å². The van der Waals surface area contributed by atoms with Crippen molar-refractivity contribution in [3.63, 3.8) is 0 Å². The standard InChI is InChI=1S/C16H14ClN3O3S/c17-12-6-8-13(9-7-12)23-10-14(21)19-20-16(24)18-15(22)11-4-2-1-3-5-11/h1-9H,10H2,(H,19,21)(H2,18,20,22,24)/p-2. The molecule has 0 saturated heterocycles. The van der Waals surface area contributed by atoms with E-state index in [1.54, 1.807) is 54.6 Å². The maximum absolute atomic E-state index is 11.8. The molecule has 1 amide bonds. The number of carbonyl (C=O) groups is 1. The first-order valence-electron chi connectivity index (χ1n) is 6.77. The first-order valence-corrected chi connectivity index (χ1v) is 7.56. The lowest BCUT2D eigenvalue weighted by molar-refractivity contribution is -0.212. The quantitative estimate of drug-likeness (QED) is 0.378. The number of carbonyl (C=O) groups excluding carboxylic acids is 1. The lowest BCUT2D eigenvalue weighted by Crippen LogP contribution is -2.26. The summed E-state index contributed by atoms with van der Waals surface area (Å²) < 4.78 is 5.23. The van der Waals surface area contributed by atoms with Gasteiger partial charge in [-0.1, -0.05) is 41.9 Å². The van der Waals surface area contributed by atoms with Gasteiger partial charge in [0.25, 0.3) is 5.91 Å². The second-order valence-corrected chi connectivity index (χ2v) is 5.26. The molecule has 24 heavy (non-hydrogen) atoms. The zero-order chi connectivity index (χ0) is 17.4. The molecular formula is C16H12ClN3O3S-2. The molecule has 0 aliphatic heterocycles. The number of hydrazone groups is 1. The molecule has 124 valence electrons. The molecule has 8 heteroatoms. The molecule has 6 nitrogen and oxygen atoms in total. The van der Waals surface area contributed by atoms with Crippen molar-refractivity contribution in [1.82, 2.24) is 5.43 Å². The first-order chi connectivity index (χ1) is 11.5. The Bertz CT molecular complexity index is 749. The summed E-state index contributed by atoms with van der Waals surface area (Å²) in [6.07, 6.45) is 0. The Kier molecular flexibility index (Phi) is 6.53. The van der Waals surface area contributed by atoms with E-state index < -0.39 is 11.8 Å². The van der Waals surface area contributed by atoms with Gasteiger partial charge in [-0.2, -0.15) is 5.10 Å². The molecule has 0 spiro atoms. The Morgan fingerprint density at radius 1 is 1.17 bits per heavy atom. The van der Waals surface area contributed by atoms with Gasteiger partial charge >= 0.3 is 0 Å². The molecule has 0 aliphatic carbocycles. The van der Waals surface area contributed by atoms with Crippen LogP contribution in [0, 0.1) is 0 Å². The zero-order valence-corrected chi connectivity index (χ0v) is 13.9. The fourth-order valence-corrected chi connectivity index (χ4v) is 1.83. The Hall–Kier alpha value is -2.64. The van der Waals surface area contributed by atoms with Crippen LogP contribution in [0.15, 0.2) is 64.7 Å². The molecule has 0 bridgehead atoms. The second kappa shape index (κ2) is 8.85. The van der Waals surface area contributed by atoms with Crippen LogP contribution in [0.3, 0.4) is 0 Å². The van der Waals surface area contributed by atoms with Gasteiger partial charge in [-0.25, -0.2) is 5.43 Å². The number of rotatable bonds is 5. The van der Waals surface area contributed by atoms with Crippen LogP contribution in [0.4, 0.5) is 0 Å². The third-order valence-electron chi connectivity index (χ3n) is 2.68. The largest absolute Gasteiger partial charge is 0.858 e. The average Bonchev–Trinajstić information content (AvgIpc) is 2.60.